The summed E-state index contributed by atoms with van der Waals surface area (Å²) in [6, 6.07) is 10.1. The van der Waals surface area contributed by atoms with E-state index < -0.39 is 6.04 Å². The number of amides is 2. The van der Waals surface area contributed by atoms with Crippen molar-refractivity contribution in [1.29, 1.82) is 0 Å². The van der Waals surface area contributed by atoms with Crippen molar-refractivity contribution >= 4 is 35.0 Å². The molecular formula is C21H24Cl2N2O3. The van der Waals surface area contributed by atoms with Crippen molar-refractivity contribution in [3.8, 4) is 5.75 Å². The number of aryl methyl sites for hydroxylation is 2. The number of nitrogens with one attached hydrogen (secondary N) is 1. The highest BCUT2D eigenvalue weighted by Gasteiger charge is 2.27. The molecule has 0 heterocycles. The van der Waals surface area contributed by atoms with Crippen molar-refractivity contribution in [3.63, 3.8) is 0 Å². The van der Waals surface area contributed by atoms with Gasteiger partial charge in [0, 0.05) is 29.2 Å². The first-order chi connectivity index (χ1) is 13.2. The topological polar surface area (TPSA) is 58.6 Å². The Morgan fingerprint density at radius 3 is 2.21 bits per heavy atom. The Labute approximate surface area is 175 Å². The Bertz CT molecular complexity index is 830. The van der Waals surface area contributed by atoms with Crippen LogP contribution in [-0.2, 0) is 16.1 Å². The number of likely N-dealkylation sites (N-methyl/N-ethyl adjacent to an activating group) is 1. The standard InChI is InChI=1S/C21H24Cl2N2O3/c1-13-8-14(2)10-16(9-13)28-12-20(26)25(15(3)21(27)24-4)11-17-18(22)6-5-7-19(17)23/h5-10,15H,11-12H2,1-4H3,(H,24,27)/t15-/m1/s1. The van der Waals surface area contributed by atoms with E-state index in [1.165, 1.54) is 11.9 Å². The number of ether oxygens (including phenoxy) is 1. The molecule has 0 aliphatic rings. The van der Waals surface area contributed by atoms with E-state index in [0.29, 0.717) is 21.4 Å². The van der Waals surface area contributed by atoms with Crippen LogP contribution in [0.4, 0.5) is 0 Å². The van der Waals surface area contributed by atoms with Gasteiger partial charge < -0.3 is 15.0 Å². The van der Waals surface area contributed by atoms with Crippen LogP contribution in [0.25, 0.3) is 0 Å². The lowest BCUT2D eigenvalue weighted by Gasteiger charge is -2.29. The summed E-state index contributed by atoms with van der Waals surface area (Å²) >= 11 is 12.5. The molecule has 2 amide bonds. The van der Waals surface area contributed by atoms with Crippen LogP contribution >= 0.6 is 23.2 Å². The molecule has 2 aromatic carbocycles. The Balaban J connectivity index is 2.22. The Kier molecular flexibility index (Phi) is 7.72. The van der Waals surface area contributed by atoms with Crippen LogP contribution in [-0.4, -0.2) is 36.4 Å². The quantitative estimate of drug-likeness (QED) is 0.728. The van der Waals surface area contributed by atoms with Crippen LogP contribution in [0.3, 0.4) is 0 Å². The smallest absolute Gasteiger partial charge is 0.261 e. The van der Waals surface area contributed by atoms with Gasteiger partial charge in [0.05, 0.1) is 0 Å². The number of carbonyl (C=O) groups excluding carboxylic acids is 2. The second kappa shape index (κ2) is 9.80. The minimum Gasteiger partial charge on any atom is -0.484 e. The molecule has 0 radical (unpaired) electrons. The van der Waals surface area contributed by atoms with Crippen LogP contribution in [0.5, 0.6) is 5.75 Å². The van der Waals surface area contributed by atoms with Crippen molar-refractivity contribution in [2.45, 2.75) is 33.4 Å². The van der Waals surface area contributed by atoms with E-state index >= 15 is 0 Å². The third-order valence-corrected chi connectivity index (χ3v) is 5.07. The number of rotatable bonds is 7. The van der Waals surface area contributed by atoms with E-state index in [2.05, 4.69) is 5.32 Å². The zero-order chi connectivity index (χ0) is 20.8. The first-order valence-electron chi connectivity index (χ1n) is 8.88. The first kappa shape index (κ1) is 22.1. The molecule has 7 heteroatoms. The molecule has 0 fully saturated rings. The maximum atomic E-state index is 12.9. The average Bonchev–Trinajstić information content (AvgIpc) is 2.64. The fraction of sp³-hybridized carbons (Fsp3) is 0.333. The molecule has 0 spiro atoms. The van der Waals surface area contributed by atoms with Crippen molar-refractivity contribution in [2.75, 3.05) is 13.7 Å². The normalized spacial score (nSPS) is 11.6. The highest BCUT2D eigenvalue weighted by molar-refractivity contribution is 6.36. The lowest BCUT2D eigenvalue weighted by atomic mass is 10.1. The van der Waals surface area contributed by atoms with Crippen molar-refractivity contribution in [3.05, 3.63) is 63.1 Å². The van der Waals surface area contributed by atoms with Gasteiger partial charge in [-0.3, -0.25) is 9.59 Å². The van der Waals surface area contributed by atoms with Gasteiger partial charge in [-0.05, 0) is 56.2 Å². The fourth-order valence-electron chi connectivity index (χ4n) is 2.89. The molecule has 2 rings (SSSR count). The average molecular weight is 423 g/mol. The molecule has 0 unspecified atom stereocenters. The molecule has 0 saturated carbocycles. The van der Waals surface area contributed by atoms with Gasteiger partial charge in [0.2, 0.25) is 5.91 Å². The van der Waals surface area contributed by atoms with Crippen LogP contribution < -0.4 is 10.1 Å². The van der Waals surface area contributed by atoms with E-state index in [1.807, 2.05) is 32.0 Å². The van der Waals surface area contributed by atoms with Crippen LogP contribution in [0.2, 0.25) is 10.0 Å². The number of hydrogen-bond acceptors (Lipinski definition) is 3. The van der Waals surface area contributed by atoms with E-state index in [1.54, 1.807) is 25.1 Å². The number of hydrogen-bond donors (Lipinski definition) is 1. The number of halogens is 2. The van der Waals surface area contributed by atoms with Gasteiger partial charge >= 0.3 is 0 Å². The summed E-state index contributed by atoms with van der Waals surface area (Å²) in [5.74, 6) is -0.0247. The van der Waals surface area contributed by atoms with Crippen molar-refractivity contribution in [2.24, 2.45) is 0 Å². The minimum atomic E-state index is -0.715. The van der Waals surface area contributed by atoms with Crippen molar-refractivity contribution in [1.82, 2.24) is 10.2 Å². The minimum absolute atomic E-state index is 0.0993. The van der Waals surface area contributed by atoms with Gasteiger partial charge in [0.25, 0.3) is 5.91 Å². The zero-order valence-electron chi connectivity index (χ0n) is 16.4. The Morgan fingerprint density at radius 2 is 1.68 bits per heavy atom. The molecular weight excluding hydrogens is 399 g/mol. The SMILES string of the molecule is CNC(=O)[C@@H](C)N(Cc1c(Cl)cccc1Cl)C(=O)COc1cc(C)cc(C)c1. The molecule has 1 N–H and O–H groups in total. The molecule has 0 saturated heterocycles. The van der Waals surface area contributed by atoms with Crippen LogP contribution in [0, 0.1) is 13.8 Å². The van der Waals surface area contributed by atoms with E-state index in [4.69, 9.17) is 27.9 Å². The number of carbonyl (C=O) groups is 2. The highest BCUT2D eigenvalue weighted by atomic mass is 35.5. The van der Waals surface area contributed by atoms with Gasteiger partial charge in [0.1, 0.15) is 11.8 Å². The van der Waals surface area contributed by atoms with Gasteiger partial charge in [-0.2, -0.15) is 0 Å². The maximum Gasteiger partial charge on any atom is 0.261 e. The summed E-state index contributed by atoms with van der Waals surface area (Å²) < 4.78 is 5.68. The largest absolute Gasteiger partial charge is 0.484 e. The molecule has 28 heavy (non-hydrogen) atoms. The molecule has 2 aromatic rings. The summed E-state index contributed by atoms with van der Waals surface area (Å²) in [5, 5.41) is 3.43. The predicted octanol–water partition coefficient (Wildman–Crippen LogP) is 4.15. The van der Waals surface area contributed by atoms with Gasteiger partial charge in [-0.1, -0.05) is 35.3 Å². The monoisotopic (exact) mass is 422 g/mol. The fourth-order valence-corrected chi connectivity index (χ4v) is 3.41. The molecule has 5 nitrogen and oxygen atoms in total. The first-order valence-corrected chi connectivity index (χ1v) is 9.63. The summed E-state index contributed by atoms with van der Waals surface area (Å²) in [7, 11) is 1.52. The van der Waals surface area contributed by atoms with E-state index in [-0.39, 0.29) is 25.0 Å². The van der Waals surface area contributed by atoms with Crippen molar-refractivity contribution < 1.29 is 14.3 Å². The number of nitrogens with zero attached hydrogens (tertiary/aromatic N) is 1. The van der Waals surface area contributed by atoms with E-state index in [9.17, 15) is 9.59 Å². The second-order valence-electron chi connectivity index (χ2n) is 6.62. The van der Waals surface area contributed by atoms with Gasteiger partial charge in [0.15, 0.2) is 6.61 Å². The lowest BCUT2D eigenvalue weighted by Crippen LogP contribution is -2.48. The molecule has 0 bridgehead atoms. The van der Waals surface area contributed by atoms with Gasteiger partial charge in [-0.25, -0.2) is 0 Å². The highest BCUT2D eigenvalue weighted by Crippen LogP contribution is 2.26. The van der Waals surface area contributed by atoms with Gasteiger partial charge in [-0.15, -0.1) is 0 Å². The molecule has 150 valence electrons. The summed E-state index contributed by atoms with van der Waals surface area (Å²) in [4.78, 5) is 26.5. The molecule has 0 aliphatic heterocycles. The summed E-state index contributed by atoms with van der Waals surface area (Å²) in [6.07, 6.45) is 0. The van der Waals surface area contributed by atoms with Crippen LogP contribution in [0.1, 0.15) is 23.6 Å². The zero-order valence-corrected chi connectivity index (χ0v) is 17.9. The lowest BCUT2D eigenvalue weighted by molar-refractivity contribution is -0.142. The summed E-state index contributed by atoms with van der Waals surface area (Å²) in [6.45, 7) is 5.47. The Morgan fingerprint density at radius 1 is 1.11 bits per heavy atom. The number of benzene rings is 2. The Hall–Kier alpha value is -2.24. The predicted molar refractivity (Wildman–Crippen MR) is 112 cm³/mol. The molecule has 0 aromatic heterocycles. The summed E-state index contributed by atoms with van der Waals surface area (Å²) in [5.41, 5.74) is 2.67. The molecule has 0 aliphatic carbocycles. The maximum absolute atomic E-state index is 12.9. The molecule has 1 atom stereocenters. The third-order valence-electron chi connectivity index (χ3n) is 4.36. The second-order valence-corrected chi connectivity index (χ2v) is 7.44. The van der Waals surface area contributed by atoms with E-state index in [0.717, 1.165) is 11.1 Å². The third kappa shape index (κ3) is 5.63. The van der Waals surface area contributed by atoms with Crippen LogP contribution in [0.15, 0.2) is 36.4 Å².